The molecule has 2 heterocycles. The number of benzene rings is 2. The zero-order valence-corrected chi connectivity index (χ0v) is 25.1. The van der Waals surface area contributed by atoms with Gasteiger partial charge >= 0.3 is 18.0 Å². The van der Waals surface area contributed by atoms with Crippen LogP contribution < -0.4 is 15.4 Å². The lowest BCUT2D eigenvalue weighted by atomic mass is 9.81. The normalized spacial score (nSPS) is 24.2. The number of urea groups is 2. The molecule has 1 unspecified atom stereocenters. The van der Waals surface area contributed by atoms with Gasteiger partial charge in [-0.15, -0.1) is 0 Å². The first-order valence-electron chi connectivity index (χ1n) is 14.8. The topological polar surface area (TPSA) is 109 Å². The number of nitrogens with one attached hydrogen (secondary N) is 2. The minimum absolute atomic E-state index is 0.0303. The third-order valence-electron chi connectivity index (χ3n) is 8.84. The number of ether oxygens (including phenoxy) is 3. The second-order valence-electron chi connectivity index (χ2n) is 11.4. The van der Waals surface area contributed by atoms with Gasteiger partial charge in [0.1, 0.15) is 11.8 Å². The van der Waals surface area contributed by atoms with Crippen molar-refractivity contribution in [3.8, 4) is 5.75 Å². The Kier molecular flexibility index (Phi) is 9.80. The molecule has 236 valence electrons. The van der Waals surface area contributed by atoms with Crippen LogP contribution in [-0.4, -0.2) is 80.9 Å². The van der Waals surface area contributed by atoms with Gasteiger partial charge in [0.15, 0.2) is 11.6 Å². The van der Waals surface area contributed by atoms with E-state index in [0.29, 0.717) is 24.9 Å². The summed E-state index contributed by atoms with van der Waals surface area (Å²) in [5.74, 6) is -1.78. The van der Waals surface area contributed by atoms with Crippen LogP contribution in [0.5, 0.6) is 5.75 Å². The van der Waals surface area contributed by atoms with Gasteiger partial charge in [-0.2, -0.15) is 0 Å². The van der Waals surface area contributed by atoms with Crippen LogP contribution in [0.2, 0.25) is 0 Å². The molecule has 0 aromatic heterocycles. The minimum atomic E-state index is -1.38. The number of hydrogen-bond donors (Lipinski definition) is 2. The molecule has 3 aliphatic rings. The number of esters is 1. The van der Waals surface area contributed by atoms with Crippen molar-refractivity contribution in [1.29, 1.82) is 0 Å². The maximum absolute atomic E-state index is 14.4. The number of imide groups is 1. The molecule has 44 heavy (non-hydrogen) atoms. The standard InChI is InChI=1S/C32H38F2N4O6/c1-42-18-26-28(30(39)44-3)29(20-10-13-24(33)25(34)16-20)38(32(41)36-26)31(40)35-21-14-15-37(17-21)22-11-8-19(9-12-22)23-6-4-5-7-27(23)43-2/h4-7,10,13,16,19,21-22,29H,8-9,11-12,14-15,17-18H2,1-3H3,(H,35,40)(H,36,41)/t19?,21?,22?,29-/m0/s1. The lowest BCUT2D eigenvalue weighted by molar-refractivity contribution is -0.137. The predicted octanol–water partition coefficient (Wildman–Crippen LogP) is 4.62. The highest BCUT2D eigenvalue weighted by Gasteiger charge is 2.44. The number of carbonyl (C=O) groups is 3. The van der Waals surface area contributed by atoms with Gasteiger partial charge in [0.2, 0.25) is 0 Å². The number of nitrogens with zero attached hydrogens (tertiary/aromatic N) is 2. The molecule has 12 heteroatoms. The van der Waals surface area contributed by atoms with E-state index in [4.69, 9.17) is 14.2 Å². The van der Waals surface area contributed by atoms with E-state index < -0.39 is 35.7 Å². The highest BCUT2D eigenvalue weighted by atomic mass is 19.2. The maximum atomic E-state index is 14.4. The van der Waals surface area contributed by atoms with Crippen molar-refractivity contribution in [1.82, 2.24) is 20.4 Å². The maximum Gasteiger partial charge on any atom is 0.338 e. The Labute approximate surface area is 255 Å². The molecular weight excluding hydrogens is 574 g/mol. The molecule has 2 aromatic rings. The van der Waals surface area contributed by atoms with Gasteiger partial charge in [-0.3, -0.25) is 4.90 Å². The van der Waals surface area contributed by atoms with Gasteiger partial charge in [0.25, 0.3) is 0 Å². The molecule has 0 bridgehead atoms. The van der Waals surface area contributed by atoms with Crippen LogP contribution in [0.15, 0.2) is 53.7 Å². The molecule has 0 spiro atoms. The van der Waals surface area contributed by atoms with Crippen molar-refractivity contribution >= 4 is 18.0 Å². The molecule has 10 nitrogen and oxygen atoms in total. The van der Waals surface area contributed by atoms with E-state index in [1.807, 2.05) is 18.2 Å². The first-order chi connectivity index (χ1) is 21.2. The van der Waals surface area contributed by atoms with Crippen LogP contribution in [0.25, 0.3) is 0 Å². The van der Waals surface area contributed by atoms with Crippen LogP contribution in [0.3, 0.4) is 0 Å². The predicted molar refractivity (Wildman–Crippen MR) is 157 cm³/mol. The van der Waals surface area contributed by atoms with Gasteiger partial charge < -0.3 is 24.8 Å². The van der Waals surface area contributed by atoms with Crippen molar-refractivity contribution in [2.45, 2.75) is 56.1 Å². The number of methoxy groups -OCH3 is 3. The van der Waals surface area contributed by atoms with Crippen molar-refractivity contribution in [2.24, 2.45) is 0 Å². The zero-order valence-electron chi connectivity index (χ0n) is 25.1. The van der Waals surface area contributed by atoms with Crippen LogP contribution in [-0.2, 0) is 14.3 Å². The number of rotatable bonds is 8. The molecule has 5 rings (SSSR count). The van der Waals surface area contributed by atoms with E-state index in [0.717, 1.165) is 62.1 Å². The van der Waals surface area contributed by atoms with Crippen LogP contribution in [0, 0.1) is 11.6 Å². The fourth-order valence-electron chi connectivity index (χ4n) is 6.72. The Hall–Kier alpha value is -4.03. The van der Waals surface area contributed by atoms with E-state index in [2.05, 4.69) is 21.6 Å². The van der Waals surface area contributed by atoms with E-state index >= 15 is 0 Å². The molecule has 2 aliphatic heterocycles. The molecule has 0 radical (unpaired) electrons. The highest BCUT2D eigenvalue weighted by molar-refractivity contribution is 6.01. The van der Waals surface area contributed by atoms with Crippen molar-refractivity contribution in [3.63, 3.8) is 0 Å². The van der Waals surface area contributed by atoms with Gasteiger partial charge in [-0.1, -0.05) is 24.3 Å². The number of para-hydroxylation sites is 1. The molecule has 1 saturated carbocycles. The third-order valence-corrected chi connectivity index (χ3v) is 8.84. The van der Waals surface area contributed by atoms with Crippen LogP contribution >= 0.6 is 0 Å². The summed E-state index contributed by atoms with van der Waals surface area (Å²) in [5.41, 5.74) is 1.22. The summed E-state index contributed by atoms with van der Waals surface area (Å²) in [6.45, 7) is 1.22. The molecule has 2 fully saturated rings. The Balaban J connectivity index is 1.30. The number of amides is 4. The molecule has 2 atom stereocenters. The fraction of sp³-hybridized carbons (Fsp3) is 0.469. The Morgan fingerprint density at radius 3 is 2.43 bits per heavy atom. The molecule has 1 aliphatic carbocycles. The first kappa shape index (κ1) is 31.4. The zero-order chi connectivity index (χ0) is 31.4. The van der Waals surface area contributed by atoms with Gasteiger partial charge in [-0.25, -0.2) is 28.1 Å². The largest absolute Gasteiger partial charge is 0.496 e. The Morgan fingerprint density at radius 2 is 1.75 bits per heavy atom. The summed E-state index contributed by atoms with van der Waals surface area (Å²) in [6, 6.07) is 8.29. The number of halogens is 2. The van der Waals surface area contributed by atoms with Crippen molar-refractivity contribution in [3.05, 3.63) is 76.5 Å². The van der Waals surface area contributed by atoms with Crippen molar-refractivity contribution in [2.75, 3.05) is 41.0 Å². The average molecular weight is 613 g/mol. The quantitative estimate of drug-likeness (QED) is 0.419. The van der Waals surface area contributed by atoms with Gasteiger partial charge in [-0.05, 0) is 67.3 Å². The molecular formula is C32H38F2N4O6. The SMILES string of the molecule is COCC1=C(C(=O)OC)[C@H](c2ccc(F)c(F)c2)N(C(=O)NC2CCN(C3CCC(c4ccccc4OC)CC3)C2)C(=O)N1. The smallest absolute Gasteiger partial charge is 0.338 e. The van der Waals surface area contributed by atoms with E-state index in [1.165, 1.54) is 18.7 Å². The van der Waals surface area contributed by atoms with Crippen LogP contribution in [0.1, 0.15) is 55.2 Å². The summed E-state index contributed by atoms with van der Waals surface area (Å²) in [5, 5.41) is 5.49. The Morgan fingerprint density at radius 1 is 1.00 bits per heavy atom. The van der Waals surface area contributed by atoms with E-state index in [-0.39, 0.29) is 29.5 Å². The first-order valence-corrected chi connectivity index (χ1v) is 14.8. The second-order valence-corrected chi connectivity index (χ2v) is 11.4. The van der Waals surface area contributed by atoms with Gasteiger partial charge in [0, 0.05) is 32.3 Å². The lowest BCUT2D eigenvalue weighted by Gasteiger charge is -2.37. The van der Waals surface area contributed by atoms with E-state index in [1.54, 1.807) is 7.11 Å². The molecule has 4 amide bonds. The molecule has 1 saturated heterocycles. The molecule has 2 N–H and O–H groups in total. The Bertz CT molecular complexity index is 1430. The fourth-order valence-corrected chi connectivity index (χ4v) is 6.72. The highest BCUT2D eigenvalue weighted by Crippen LogP contribution is 2.40. The summed E-state index contributed by atoms with van der Waals surface area (Å²) < 4.78 is 43.9. The van der Waals surface area contributed by atoms with Crippen molar-refractivity contribution < 1.29 is 37.4 Å². The minimum Gasteiger partial charge on any atom is -0.496 e. The number of likely N-dealkylation sites (tertiary alicyclic amines) is 1. The van der Waals surface area contributed by atoms with Gasteiger partial charge in [0.05, 0.1) is 32.1 Å². The summed E-state index contributed by atoms with van der Waals surface area (Å²) in [6.07, 6.45) is 4.79. The monoisotopic (exact) mass is 612 g/mol. The second kappa shape index (κ2) is 13.7. The average Bonchev–Trinajstić information content (AvgIpc) is 3.50. The summed E-state index contributed by atoms with van der Waals surface area (Å²) in [4.78, 5) is 43.2. The number of hydrogen-bond acceptors (Lipinski definition) is 7. The summed E-state index contributed by atoms with van der Waals surface area (Å²) in [7, 11) is 4.22. The summed E-state index contributed by atoms with van der Waals surface area (Å²) >= 11 is 0. The number of carbonyl (C=O) groups excluding carboxylic acids is 3. The van der Waals surface area contributed by atoms with E-state index in [9.17, 15) is 23.2 Å². The third kappa shape index (κ3) is 6.41. The van der Waals surface area contributed by atoms with Crippen LogP contribution in [0.4, 0.5) is 18.4 Å². The lowest BCUT2D eigenvalue weighted by Crippen LogP contribution is -2.56. The molecule has 2 aromatic carbocycles.